The summed E-state index contributed by atoms with van der Waals surface area (Å²) in [5.41, 5.74) is 3.64. The molecule has 0 unspecified atom stereocenters. The van der Waals surface area contributed by atoms with Crippen LogP contribution in [0.15, 0.2) is 28.3 Å². The fourth-order valence-corrected chi connectivity index (χ4v) is 2.88. The molecule has 4 nitrogen and oxygen atoms in total. The molecule has 0 aliphatic rings. The molecule has 3 aromatic rings. The lowest BCUT2D eigenvalue weighted by atomic mass is 10.3. The number of nitrogens with one attached hydrogen (secondary N) is 1. The second-order valence-electron chi connectivity index (χ2n) is 3.19. The van der Waals surface area contributed by atoms with Crippen LogP contribution in [0.3, 0.4) is 0 Å². The van der Waals surface area contributed by atoms with Crippen LogP contribution in [0.25, 0.3) is 21.6 Å². The molecule has 0 radical (unpaired) electrons. The number of thiophene rings is 2. The van der Waals surface area contributed by atoms with Crippen molar-refractivity contribution in [2.24, 2.45) is 5.84 Å². The highest BCUT2D eigenvalue weighted by Crippen LogP contribution is 2.28. The summed E-state index contributed by atoms with van der Waals surface area (Å²) in [5.74, 6) is 6.85. The average molecular weight is 248 g/mol. The number of rotatable bonds is 2. The Balaban J connectivity index is 2.27. The van der Waals surface area contributed by atoms with Crippen molar-refractivity contribution in [1.82, 2.24) is 9.97 Å². The Hall–Kier alpha value is -1.50. The van der Waals surface area contributed by atoms with E-state index in [1.807, 2.05) is 28.3 Å². The first kappa shape index (κ1) is 9.71. The first-order valence-corrected chi connectivity index (χ1v) is 6.45. The van der Waals surface area contributed by atoms with Crippen molar-refractivity contribution >= 4 is 38.7 Å². The Morgan fingerprint density at radius 2 is 2.12 bits per heavy atom. The molecule has 0 spiro atoms. The fourth-order valence-electron chi connectivity index (χ4n) is 1.49. The van der Waals surface area contributed by atoms with Crippen molar-refractivity contribution in [1.29, 1.82) is 0 Å². The van der Waals surface area contributed by atoms with Crippen molar-refractivity contribution in [3.05, 3.63) is 28.3 Å². The summed E-state index contributed by atoms with van der Waals surface area (Å²) in [6.45, 7) is 0. The quantitative estimate of drug-likeness (QED) is 0.540. The first-order valence-electron chi connectivity index (χ1n) is 4.63. The van der Waals surface area contributed by atoms with Gasteiger partial charge in [0.2, 0.25) is 0 Å². The van der Waals surface area contributed by atoms with Crippen LogP contribution in [0.5, 0.6) is 0 Å². The van der Waals surface area contributed by atoms with Crippen LogP contribution in [-0.2, 0) is 0 Å². The molecule has 0 aromatic carbocycles. The van der Waals surface area contributed by atoms with Gasteiger partial charge in [0.25, 0.3) is 0 Å². The Morgan fingerprint density at radius 3 is 2.88 bits per heavy atom. The number of aromatic nitrogens is 2. The van der Waals surface area contributed by atoms with Crippen LogP contribution in [0.4, 0.5) is 5.82 Å². The number of anilines is 1. The molecule has 0 fully saturated rings. The molecular formula is C10H8N4S2. The second-order valence-corrected chi connectivity index (χ2v) is 4.87. The predicted octanol–water partition coefficient (Wildman–Crippen LogP) is 2.71. The number of hydrazine groups is 1. The monoisotopic (exact) mass is 248 g/mol. The summed E-state index contributed by atoms with van der Waals surface area (Å²) < 4.78 is 0. The smallest absolute Gasteiger partial charge is 0.164 e. The summed E-state index contributed by atoms with van der Waals surface area (Å²) in [5, 5.41) is 6.98. The Bertz CT molecular complexity index is 615. The fraction of sp³-hybridized carbons (Fsp3) is 0. The SMILES string of the molecule is NNc1nc(-c2ccsc2)nc2sccc12. The van der Waals surface area contributed by atoms with Gasteiger partial charge in [0.1, 0.15) is 4.83 Å². The zero-order chi connectivity index (χ0) is 11.0. The van der Waals surface area contributed by atoms with Gasteiger partial charge in [-0.1, -0.05) is 0 Å². The molecule has 3 heterocycles. The van der Waals surface area contributed by atoms with Crippen LogP contribution >= 0.6 is 22.7 Å². The van der Waals surface area contributed by atoms with Gasteiger partial charge in [0, 0.05) is 10.9 Å². The zero-order valence-electron chi connectivity index (χ0n) is 8.18. The standard InChI is InChI=1S/C10H8N4S2/c11-14-9-7-2-4-16-10(7)13-8(12-9)6-1-3-15-5-6/h1-5H,11H2,(H,12,13,14). The predicted molar refractivity (Wildman–Crippen MR) is 68.5 cm³/mol. The molecular weight excluding hydrogens is 240 g/mol. The molecule has 0 aliphatic heterocycles. The van der Waals surface area contributed by atoms with E-state index in [1.54, 1.807) is 22.7 Å². The van der Waals surface area contributed by atoms with Gasteiger partial charge in [0.15, 0.2) is 11.6 Å². The number of fused-ring (bicyclic) bond motifs is 1. The molecule has 0 bridgehead atoms. The maximum absolute atomic E-state index is 5.46. The lowest BCUT2D eigenvalue weighted by Crippen LogP contribution is -2.09. The summed E-state index contributed by atoms with van der Waals surface area (Å²) in [4.78, 5) is 9.85. The van der Waals surface area contributed by atoms with E-state index >= 15 is 0 Å². The van der Waals surface area contributed by atoms with Gasteiger partial charge >= 0.3 is 0 Å². The lowest BCUT2D eigenvalue weighted by Gasteiger charge is -2.03. The second kappa shape index (κ2) is 3.82. The van der Waals surface area contributed by atoms with Crippen molar-refractivity contribution in [2.45, 2.75) is 0 Å². The Morgan fingerprint density at radius 1 is 1.19 bits per heavy atom. The van der Waals surface area contributed by atoms with Gasteiger partial charge in [-0.3, -0.25) is 0 Å². The Labute approximate surface area is 99.8 Å². The van der Waals surface area contributed by atoms with Crippen molar-refractivity contribution in [3.63, 3.8) is 0 Å². The number of nitrogen functional groups attached to an aromatic ring is 1. The largest absolute Gasteiger partial charge is 0.308 e. The number of nitrogens with two attached hydrogens (primary N) is 1. The molecule has 80 valence electrons. The van der Waals surface area contributed by atoms with E-state index in [1.165, 1.54) is 0 Å². The number of hydrogen-bond donors (Lipinski definition) is 2. The van der Waals surface area contributed by atoms with Crippen molar-refractivity contribution in [2.75, 3.05) is 5.43 Å². The van der Waals surface area contributed by atoms with Gasteiger partial charge in [-0.15, -0.1) is 11.3 Å². The average Bonchev–Trinajstić information content (AvgIpc) is 2.97. The van der Waals surface area contributed by atoms with Crippen LogP contribution < -0.4 is 11.3 Å². The van der Waals surface area contributed by atoms with E-state index < -0.39 is 0 Å². The molecule has 0 saturated carbocycles. The minimum Gasteiger partial charge on any atom is -0.308 e. The molecule has 0 aliphatic carbocycles. The molecule has 0 atom stereocenters. The Kier molecular flexibility index (Phi) is 2.32. The summed E-state index contributed by atoms with van der Waals surface area (Å²) in [6, 6.07) is 3.96. The highest BCUT2D eigenvalue weighted by molar-refractivity contribution is 7.16. The van der Waals surface area contributed by atoms with Crippen LogP contribution in [0.1, 0.15) is 0 Å². The van der Waals surface area contributed by atoms with Crippen LogP contribution in [-0.4, -0.2) is 9.97 Å². The van der Waals surface area contributed by atoms with Gasteiger partial charge < -0.3 is 5.43 Å². The van der Waals surface area contributed by atoms with Crippen LogP contribution in [0.2, 0.25) is 0 Å². The van der Waals surface area contributed by atoms with E-state index in [0.29, 0.717) is 11.6 Å². The number of hydrogen-bond acceptors (Lipinski definition) is 6. The van der Waals surface area contributed by atoms with Gasteiger partial charge in [-0.2, -0.15) is 11.3 Å². The summed E-state index contributed by atoms with van der Waals surface area (Å²) >= 11 is 3.21. The van der Waals surface area contributed by atoms with E-state index in [4.69, 9.17) is 5.84 Å². The maximum Gasteiger partial charge on any atom is 0.164 e. The van der Waals surface area contributed by atoms with Crippen molar-refractivity contribution < 1.29 is 0 Å². The van der Waals surface area contributed by atoms with E-state index in [0.717, 1.165) is 15.8 Å². The molecule has 3 aromatic heterocycles. The molecule has 0 saturated heterocycles. The van der Waals surface area contributed by atoms with Gasteiger partial charge in [-0.05, 0) is 22.9 Å². The van der Waals surface area contributed by atoms with Crippen LogP contribution in [0, 0.1) is 0 Å². The molecule has 3 N–H and O–H groups in total. The third-order valence-corrected chi connectivity index (χ3v) is 3.73. The van der Waals surface area contributed by atoms with Gasteiger partial charge in [0.05, 0.1) is 5.39 Å². The molecule has 3 rings (SSSR count). The lowest BCUT2D eigenvalue weighted by molar-refractivity contribution is 1.20. The maximum atomic E-state index is 5.46. The zero-order valence-corrected chi connectivity index (χ0v) is 9.81. The minimum atomic E-state index is 0.674. The summed E-state index contributed by atoms with van der Waals surface area (Å²) in [6.07, 6.45) is 0. The summed E-state index contributed by atoms with van der Waals surface area (Å²) in [7, 11) is 0. The molecule has 6 heteroatoms. The van der Waals surface area contributed by atoms with E-state index in [2.05, 4.69) is 15.4 Å². The molecule has 16 heavy (non-hydrogen) atoms. The normalized spacial score (nSPS) is 10.8. The topological polar surface area (TPSA) is 63.8 Å². The highest BCUT2D eigenvalue weighted by Gasteiger charge is 2.09. The van der Waals surface area contributed by atoms with E-state index in [9.17, 15) is 0 Å². The van der Waals surface area contributed by atoms with Crippen molar-refractivity contribution in [3.8, 4) is 11.4 Å². The third kappa shape index (κ3) is 1.47. The third-order valence-electron chi connectivity index (χ3n) is 2.24. The number of nitrogens with zero attached hydrogens (tertiary/aromatic N) is 2. The minimum absolute atomic E-state index is 0.674. The van der Waals surface area contributed by atoms with E-state index in [-0.39, 0.29) is 0 Å². The first-order chi connectivity index (χ1) is 7.88. The highest BCUT2D eigenvalue weighted by atomic mass is 32.1. The van der Waals surface area contributed by atoms with Gasteiger partial charge in [-0.25, -0.2) is 15.8 Å². The molecule has 0 amide bonds.